The molecule has 19 heavy (non-hydrogen) atoms. The van der Waals surface area contributed by atoms with E-state index in [4.69, 9.17) is 10.5 Å². The van der Waals surface area contributed by atoms with Crippen molar-refractivity contribution >= 4 is 0 Å². The van der Waals surface area contributed by atoms with E-state index in [0.29, 0.717) is 0 Å². The smallest absolute Gasteiger partial charge is 0.112 e. The summed E-state index contributed by atoms with van der Waals surface area (Å²) in [5.74, 6) is 0. The Morgan fingerprint density at radius 1 is 1.42 bits per heavy atom. The lowest BCUT2D eigenvalue weighted by Crippen LogP contribution is -2.49. The lowest BCUT2D eigenvalue weighted by molar-refractivity contribution is -0.0765. The van der Waals surface area contributed by atoms with Crippen molar-refractivity contribution in [1.29, 1.82) is 0 Å². The highest BCUT2D eigenvalue weighted by molar-refractivity contribution is 5.37. The second-order valence-electron chi connectivity index (χ2n) is 5.36. The Labute approximate surface area is 116 Å². The number of fused-ring (bicyclic) bond motifs is 1. The van der Waals surface area contributed by atoms with Gasteiger partial charge in [0.1, 0.15) is 5.60 Å². The van der Waals surface area contributed by atoms with Crippen molar-refractivity contribution < 1.29 is 4.74 Å². The summed E-state index contributed by atoms with van der Waals surface area (Å²) >= 11 is 0. The molecular weight excluding hydrogens is 234 g/mol. The maximum absolute atomic E-state index is 6.34. The van der Waals surface area contributed by atoms with Gasteiger partial charge in [0.15, 0.2) is 0 Å². The zero-order chi connectivity index (χ0) is 13.7. The van der Waals surface area contributed by atoms with Crippen molar-refractivity contribution in [1.82, 2.24) is 0 Å². The van der Waals surface area contributed by atoms with E-state index >= 15 is 0 Å². The van der Waals surface area contributed by atoms with Crippen LogP contribution in [0.4, 0.5) is 0 Å². The van der Waals surface area contributed by atoms with Gasteiger partial charge in [0, 0.05) is 0 Å². The molecule has 1 aliphatic heterocycles. The summed E-state index contributed by atoms with van der Waals surface area (Å²) in [6.07, 6.45) is 7.36. The van der Waals surface area contributed by atoms with Crippen molar-refractivity contribution in [3.63, 3.8) is 0 Å². The van der Waals surface area contributed by atoms with Gasteiger partial charge in [-0.05, 0) is 24.0 Å². The number of unbranched alkanes of at least 4 members (excludes halogenated alkanes) is 2. The first-order chi connectivity index (χ1) is 9.24. The van der Waals surface area contributed by atoms with Gasteiger partial charge in [0.2, 0.25) is 0 Å². The predicted molar refractivity (Wildman–Crippen MR) is 80.1 cm³/mol. The summed E-state index contributed by atoms with van der Waals surface area (Å²) in [6, 6.07) is 8.40. The van der Waals surface area contributed by atoms with E-state index in [2.05, 4.69) is 37.8 Å². The van der Waals surface area contributed by atoms with Gasteiger partial charge in [-0.2, -0.15) is 0 Å². The van der Waals surface area contributed by atoms with Crippen LogP contribution in [-0.4, -0.2) is 12.6 Å². The normalized spacial score (nSPS) is 23.7. The molecule has 1 aromatic carbocycles. The lowest BCUT2D eigenvalue weighted by Gasteiger charge is -2.42. The Balaban J connectivity index is 2.35. The molecule has 2 N–H and O–H groups in total. The number of rotatable bonds is 6. The third-order valence-corrected chi connectivity index (χ3v) is 4.15. The average molecular weight is 259 g/mol. The van der Waals surface area contributed by atoms with Crippen molar-refractivity contribution in [3.05, 3.63) is 48.0 Å². The molecular formula is C17H25NO. The van der Waals surface area contributed by atoms with E-state index in [1.165, 1.54) is 24.0 Å². The predicted octanol–water partition coefficient (Wildman–Crippen LogP) is 3.55. The highest BCUT2D eigenvalue weighted by Gasteiger charge is 2.41. The molecule has 0 saturated heterocycles. The minimum atomic E-state index is -0.369. The summed E-state index contributed by atoms with van der Waals surface area (Å²) in [7, 11) is 0. The van der Waals surface area contributed by atoms with Crippen LogP contribution < -0.4 is 5.73 Å². The average Bonchev–Trinajstić information content (AvgIpc) is 2.47. The molecule has 0 aliphatic carbocycles. The summed E-state index contributed by atoms with van der Waals surface area (Å²) in [4.78, 5) is 0. The fraction of sp³-hybridized carbons (Fsp3) is 0.529. The van der Waals surface area contributed by atoms with E-state index in [1.54, 1.807) is 0 Å². The van der Waals surface area contributed by atoms with Crippen LogP contribution in [0, 0.1) is 0 Å². The van der Waals surface area contributed by atoms with Gasteiger partial charge in [-0.3, -0.25) is 0 Å². The molecule has 1 aromatic rings. The molecule has 0 aromatic heterocycles. The molecule has 2 atom stereocenters. The number of ether oxygens (including phenoxy) is 1. The lowest BCUT2D eigenvalue weighted by atomic mass is 9.77. The summed E-state index contributed by atoms with van der Waals surface area (Å²) in [6.45, 7) is 6.85. The fourth-order valence-corrected chi connectivity index (χ4v) is 3.05. The summed E-state index contributed by atoms with van der Waals surface area (Å²) in [5.41, 5.74) is 8.61. The van der Waals surface area contributed by atoms with Crippen LogP contribution in [-0.2, 0) is 16.8 Å². The zero-order valence-electron chi connectivity index (χ0n) is 11.9. The van der Waals surface area contributed by atoms with Crippen LogP contribution in [0.2, 0.25) is 0 Å². The van der Waals surface area contributed by atoms with Gasteiger partial charge in [0.25, 0.3) is 0 Å². The SMILES string of the molecule is C=CC(N)C1(CCCCC)OCCc2ccccc21. The van der Waals surface area contributed by atoms with Crippen molar-refractivity contribution in [2.75, 3.05) is 6.61 Å². The first kappa shape index (κ1) is 14.3. The van der Waals surface area contributed by atoms with E-state index in [9.17, 15) is 0 Å². The molecule has 2 heteroatoms. The van der Waals surface area contributed by atoms with Gasteiger partial charge < -0.3 is 10.5 Å². The highest BCUT2D eigenvalue weighted by Crippen LogP contribution is 2.40. The van der Waals surface area contributed by atoms with Gasteiger partial charge in [0.05, 0.1) is 12.6 Å². The Morgan fingerprint density at radius 2 is 2.21 bits per heavy atom. The molecule has 0 saturated carbocycles. The van der Waals surface area contributed by atoms with Crippen molar-refractivity contribution in [2.24, 2.45) is 5.73 Å². The zero-order valence-corrected chi connectivity index (χ0v) is 11.9. The van der Waals surface area contributed by atoms with Gasteiger partial charge >= 0.3 is 0 Å². The van der Waals surface area contributed by atoms with Gasteiger partial charge in [-0.25, -0.2) is 0 Å². The Bertz CT molecular complexity index is 429. The number of hydrogen-bond acceptors (Lipinski definition) is 2. The standard InChI is InChI=1S/C17H25NO/c1-3-5-8-12-17(16(18)4-2)15-10-7-6-9-14(15)11-13-19-17/h4,6-7,9-10,16H,2-3,5,8,11-13,18H2,1H3. The topological polar surface area (TPSA) is 35.2 Å². The number of hydrogen-bond donors (Lipinski definition) is 1. The van der Waals surface area contributed by atoms with E-state index in [1.807, 2.05) is 6.08 Å². The van der Waals surface area contributed by atoms with Gasteiger partial charge in [-0.15, -0.1) is 6.58 Å². The van der Waals surface area contributed by atoms with Gasteiger partial charge in [-0.1, -0.05) is 56.5 Å². The summed E-state index contributed by atoms with van der Waals surface area (Å²) < 4.78 is 6.20. The quantitative estimate of drug-likeness (QED) is 0.626. The molecule has 2 unspecified atom stereocenters. The minimum absolute atomic E-state index is 0.147. The van der Waals surface area contributed by atoms with Crippen LogP contribution in [0.15, 0.2) is 36.9 Å². The molecule has 0 spiro atoms. The Morgan fingerprint density at radius 3 is 2.95 bits per heavy atom. The molecule has 104 valence electrons. The third kappa shape index (κ3) is 2.75. The maximum atomic E-state index is 6.34. The molecule has 0 fully saturated rings. The van der Waals surface area contributed by atoms with Crippen LogP contribution in [0.3, 0.4) is 0 Å². The molecule has 2 rings (SSSR count). The van der Waals surface area contributed by atoms with E-state index < -0.39 is 0 Å². The number of benzene rings is 1. The van der Waals surface area contributed by atoms with E-state index in [0.717, 1.165) is 25.9 Å². The van der Waals surface area contributed by atoms with Crippen LogP contribution >= 0.6 is 0 Å². The second-order valence-corrected chi connectivity index (χ2v) is 5.36. The Hall–Kier alpha value is -1.12. The first-order valence-electron chi connectivity index (χ1n) is 7.35. The van der Waals surface area contributed by atoms with Crippen LogP contribution in [0.5, 0.6) is 0 Å². The summed E-state index contributed by atoms with van der Waals surface area (Å²) in [5, 5.41) is 0. The van der Waals surface area contributed by atoms with Crippen molar-refractivity contribution in [2.45, 2.75) is 50.7 Å². The van der Waals surface area contributed by atoms with Crippen LogP contribution in [0.25, 0.3) is 0 Å². The third-order valence-electron chi connectivity index (χ3n) is 4.15. The minimum Gasteiger partial charge on any atom is -0.368 e. The number of nitrogens with two attached hydrogens (primary N) is 1. The van der Waals surface area contributed by atoms with Crippen LogP contribution in [0.1, 0.15) is 43.7 Å². The molecule has 2 nitrogen and oxygen atoms in total. The fourth-order valence-electron chi connectivity index (χ4n) is 3.05. The Kier molecular flexibility index (Phi) is 4.78. The largest absolute Gasteiger partial charge is 0.368 e. The second kappa shape index (κ2) is 6.36. The first-order valence-corrected chi connectivity index (χ1v) is 7.35. The van der Waals surface area contributed by atoms with E-state index in [-0.39, 0.29) is 11.6 Å². The molecule has 1 heterocycles. The maximum Gasteiger partial charge on any atom is 0.112 e. The molecule has 0 bridgehead atoms. The molecule has 1 aliphatic rings. The molecule has 0 amide bonds. The monoisotopic (exact) mass is 259 g/mol. The molecule has 0 radical (unpaired) electrons. The van der Waals surface area contributed by atoms with Crippen molar-refractivity contribution in [3.8, 4) is 0 Å². The highest BCUT2D eigenvalue weighted by atomic mass is 16.5.